The van der Waals surface area contributed by atoms with Crippen molar-refractivity contribution in [1.82, 2.24) is 15.6 Å². The first kappa shape index (κ1) is 31.1. The van der Waals surface area contributed by atoms with Crippen molar-refractivity contribution in [2.45, 2.75) is 65.3 Å². The van der Waals surface area contributed by atoms with Gasteiger partial charge in [0.05, 0.1) is 19.3 Å². The lowest BCUT2D eigenvalue weighted by Crippen LogP contribution is -2.57. The highest BCUT2D eigenvalue weighted by Gasteiger charge is 2.30. The van der Waals surface area contributed by atoms with Crippen LogP contribution in [0.4, 0.5) is 10.5 Å². The number of aliphatic hydroxyl groups is 1. The van der Waals surface area contributed by atoms with Gasteiger partial charge in [0.1, 0.15) is 6.04 Å². The number of benzene rings is 2. The molecule has 38 heavy (non-hydrogen) atoms. The van der Waals surface area contributed by atoms with Crippen LogP contribution >= 0.6 is 0 Å². The number of amides is 2. The SMILES string of the molecule is CCC(C)C(NC(=O)OC)C(=O)NC(Cc1ccccc1)C(O)CN(N)Cc1ccc(N(CC)CC)cc1. The number of rotatable bonds is 15. The number of hydrogen-bond acceptors (Lipinski definition) is 7. The van der Waals surface area contributed by atoms with Crippen LogP contribution in [0.5, 0.6) is 0 Å². The van der Waals surface area contributed by atoms with E-state index in [0.717, 1.165) is 29.9 Å². The molecule has 0 aliphatic carbocycles. The number of ether oxygens (including phenoxy) is 1. The minimum atomic E-state index is -0.949. The molecular formula is C29H45N5O4. The summed E-state index contributed by atoms with van der Waals surface area (Å²) < 4.78 is 4.71. The molecule has 0 aromatic heterocycles. The van der Waals surface area contributed by atoms with E-state index in [1.807, 2.05) is 56.3 Å². The van der Waals surface area contributed by atoms with Crippen LogP contribution < -0.4 is 21.4 Å². The summed E-state index contributed by atoms with van der Waals surface area (Å²) in [5, 5.41) is 18.3. The molecule has 9 nitrogen and oxygen atoms in total. The van der Waals surface area contributed by atoms with Crippen molar-refractivity contribution >= 4 is 17.7 Å². The fourth-order valence-corrected chi connectivity index (χ4v) is 4.38. The Balaban J connectivity index is 2.13. The number of anilines is 1. The topological polar surface area (TPSA) is 120 Å². The smallest absolute Gasteiger partial charge is 0.407 e. The molecule has 0 heterocycles. The largest absolute Gasteiger partial charge is 0.453 e. The van der Waals surface area contributed by atoms with Crippen molar-refractivity contribution in [2.75, 3.05) is 31.6 Å². The van der Waals surface area contributed by atoms with Gasteiger partial charge in [0.25, 0.3) is 0 Å². The van der Waals surface area contributed by atoms with E-state index in [1.54, 1.807) is 5.01 Å². The Morgan fingerprint density at radius 2 is 1.61 bits per heavy atom. The third-order valence-electron chi connectivity index (χ3n) is 6.92. The molecule has 0 radical (unpaired) electrons. The second-order valence-electron chi connectivity index (χ2n) is 9.64. The zero-order valence-electron chi connectivity index (χ0n) is 23.4. The van der Waals surface area contributed by atoms with Gasteiger partial charge in [-0.25, -0.2) is 9.80 Å². The lowest BCUT2D eigenvalue weighted by Gasteiger charge is -2.30. The third-order valence-corrected chi connectivity index (χ3v) is 6.92. The fourth-order valence-electron chi connectivity index (χ4n) is 4.38. The predicted molar refractivity (Wildman–Crippen MR) is 151 cm³/mol. The van der Waals surface area contributed by atoms with Crippen LogP contribution in [0.3, 0.4) is 0 Å². The Bertz CT molecular complexity index is 969. The number of carbonyl (C=O) groups excluding carboxylic acids is 2. The number of methoxy groups -OCH3 is 1. The van der Waals surface area contributed by atoms with E-state index in [4.69, 9.17) is 10.6 Å². The van der Waals surface area contributed by atoms with E-state index in [1.165, 1.54) is 7.11 Å². The summed E-state index contributed by atoms with van der Waals surface area (Å²) in [7, 11) is 1.26. The van der Waals surface area contributed by atoms with Gasteiger partial charge in [-0.05, 0) is 49.4 Å². The van der Waals surface area contributed by atoms with Gasteiger partial charge in [-0.15, -0.1) is 0 Å². The van der Waals surface area contributed by atoms with Gasteiger partial charge >= 0.3 is 6.09 Å². The van der Waals surface area contributed by atoms with Crippen molar-refractivity contribution in [3.05, 3.63) is 65.7 Å². The zero-order chi connectivity index (χ0) is 28.1. The molecule has 0 fully saturated rings. The number of nitrogens with two attached hydrogens (primary N) is 1. The summed E-state index contributed by atoms with van der Waals surface area (Å²) in [6.07, 6.45) is -0.538. The van der Waals surface area contributed by atoms with E-state index < -0.39 is 24.3 Å². The average Bonchev–Trinajstić information content (AvgIpc) is 2.92. The number of alkyl carbamates (subject to hydrolysis) is 1. The summed E-state index contributed by atoms with van der Waals surface area (Å²) in [6, 6.07) is 16.5. The van der Waals surface area contributed by atoms with Gasteiger partial charge in [-0.2, -0.15) is 0 Å². The lowest BCUT2D eigenvalue weighted by molar-refractivity contribution is -0.126. The molecule has 0 aliphatic heterocycles. The Morgan fingerprint density at radius 3 is 2.16 bits per heavy atom. The molecule has 2 aromatic carbocycles. The predicted octanol–water partition coefficient (Wildman–Crippen LogP) is 3.07. The second kappa shape index (κ2) is 16.0. The van der Waals surface area contributed by atoms with Gasteiger partial charge in [-0.1, -0.05) is 62.7 Å². The molecule has 2 aromatic rings. The highest BCUT2D eigenvalue weighted by atomic mass is 16.5. The maximum absolute atomic E-state index is 13.3. The Hall–Kier alpha value is -3.14. The molecule has 0 aliphatic rings. The monoisotopic (exact) mass is 527 g/mol. The highest BCUT2D eigenvalue weighted by Crippen LogP contribution is 2.16. The van der Waals surface area contributed by atoms with E-state index in [-0.39, 0.29) is 18.4 Å². The molecule has 210 valence electrons. The number of aliphatic hydroxyl groups excluding tert-OH is 1. The van der Waals surface area contributed by atoms with E-state index in [0.29, 0.717) is 19.4 Å². The minimum Gasteiger partial charge on any atom is -0.453 e. The normalized spacial score (nSPS) is 14.3. The van der Waals surface area contributed by atoms with Crippen LogP contribution in [0.1, 0.15) is 45.2 Å². The minimum absolute atomic E-state index is 0.131. The first-order valence-electron chi connectivity index (χ1n) is 13.4. The lowest BCUT2D eigenvalue weighted by atomic mass is 9.96. The van der Waals surface area contributed by atoms with Crippen LogP contribution in [0.25, 0.3) is 0 Å². The first-order chi connectivity index (χ1) is 18.2. The van der Waals surface area contributed by atoms with Crippen LogP contribution in [-0.4, -0.2) is 67.0 Å². The van der Waals surface area contributed by atoms with Crippen LogP contribution in [0.2, 0.25) is 0 Å². The molecule has 5 N–H and O–H groups in total. The molecule has 0 bridgehead atoms. The number of carbonyl (C=O) groups is 2. The van der Waals surface area contributed by atoms with Crippen molar-refractivity contribution in [3.8, 4) is 0 Å². The van der Waals surface area contributed by atoms with Gasteiger partial charge in [-0.3, -0.25) is 10.6 Å². The van der Waals surface area contributed by atoms with Crippen molar-refractivity contribution in [3.63, 3.8) is 0 Å². The Morgan fingerprint density at radius 1 is 0.974 bits per heavy atom. The van der Waals surface area contributed by atoms with E-state index in [2.05, 4.69) is 41.5 Å². The van der Waals surface area contributed by atoms with Gasteiger partial charge in [0.15, 0.2) is 0 Å². The standard InChI is InChI=1S/C29H45N5O4/c1-6-21(4)27(32-29(37)38-5)28(36)31-25(18-22-12-10-9-11-13-22)26(35)20-34(30)19-23-14-16-24(17-15-23)33(7-2)8-3/h9-17,21,25-27,35H,6-8,18-20,30H2,1-5H3,(H,31,36)(H,32,37). The Kier molecular flexibility index (Phi) is 13.1. The zero-order valence-corrected chi connectivity index (χ0v) is 23.4. The maximum atomic E-state index is 13.3. The Labute approximate surface area is 227 Å². The van der Waals surface area contributed by atoms with Crippen molar-refractivity contribution in [2.24, 2.45) is 11.8 Å². The van der Waals surface area contributed by atoms with Crippen molar-refractivity contribution < 1.29 is 19.4 Å². The summed E-state index contributed by atoms with van der Waals surface area (Å²) in [5.41, 5.74) is 3.15. The molecule has 0 saturated heterocycles. The number of hydrazine groups is 1. The second-order valence-corrected chi connectivity index (χ2v) is 9.64. The summed E-state index contributed by atoms with van der Waals surface area (Å²) in [4.78, 5) is 27.4. The summed E-state index contributed by atoms with van der Waals surface area (Å²) >= 11 is 0. The van der Waals surface area contributed by atoms with Gasteiger partial charge in [0.2, 0.25) is 5.91 Å². The highest BCUT2D eigenvalue weighted by molar-refractivity contribution is 5.86. The maximum Gasteiger partial charge on any atom is 0.407 e. The number of nitrogens with one attached hydrogen (secondary N) is 2. The molecule has 4 atom stereocenters. The molecule has 2 rings (SSSR count). The average molecular weight is 528 g/mol. The summed E-state index contributed by atoms with van der Waals surface area (Å²) in [6.45, 7) is 10.6. The molecule has 4 unspecified atom stereocenters. The van der Waals surface area contributed by atoms with Crippen LogP contribution in [0, 0.1) is 5.92 Å². The van der Waals surface area contributed by atoms with E-state index >= 15 is 0 Å². The van der Waals surface area contributed by atoms with E-state index in [9.17, 15) is 14.7 Å². The number of hydrogen-bond donors (Lipinski definition) is 4. The molecule has 0 saturated carbocycles. The molecule has 2 amide bonds. The quantitative estimate of drug-likeness (QED) is 0.208. The molecule has 9 heteroatoms. The van der Waals surface area contributed by atoms with Crippen LogP contribution in [0.15, 0.2) is 54.6 Å². The number of nitrogens with zero attached hydrogens (tertiary/aromatic N) is 2. The van der Waals surface area contributed by atoms with Crippen LogP contribution in [-0.2, 0) is 22.5 Å². The summed E-state index contributed by atoms with van der Waals surface area (Å²) in [5.74, 6) is 5.80. The fraction of sp³-hybridized carbons (Fsp3) is 0.517. The van der Waals surface area contributed by atoms with Crippen molar-refractivity contribution in [1.29, 1.82) is 0 Å². The third kappa shape index (κ3) is 9.63. The molecular weight excluding hydrogens is 482 g/mol. The first-order valence-corrected chi connectivity index (χ1v) is 13.4. The van der Waals surface area contributed by atoms with Gasteiger partial charge in [0, 0.05) is 31.9 Å². The molecule has 0 spiro atoms. The van der Waals surface area contributed by atoms with Gasteiger partial charge < -0.3 is 25.4 Å².